The van der Waals surface area contributed by atoms with Crippen LogP contribution in [0.5, 0.6) is 0 Å². The molecule has 0 aliphatic heterocycles. The fourth-order valence-corrected chi connectivity index (χ4v) is 1.03. The van der Waals surface area contributed by atoms with Crippen LogP contribution in [0.25, 0.3) is 0 Å². The van der Waals surface area contributed by atoms with Crippen LogP contribution >= 0.6 is 0 Å². The third-order valence-electron chi connectivity index (χ3n) is 0.500. The molecule has 0 aromatic rings. The molecule has 50 valence electrons. The van der Waals surface area contributed by atoms with Crippen LogP contribution in [0.1, 0.15) is 0 Å². The van der Waals surface area contributed by atoms with Crippen LogP contribution in [0.3, 0.4) is 0 Å². The van der Waals surface area contributed by atoms with E-state index in [9.17, 15) is 0 Å². The minimum absolute atomic E-state index is 0. The molecule has 0 aliphatic rings. The molecule has 0 unspecified atom stereocenters. The molecule has 0 radical (unpaired) electrons. The molecule has 0 saturated heterocycles. The van der Waals surface area contributed by atoms with E-state index in [1.807, 2.05) is 0 Å². The molecule has 0 aromatic carbocycles. The van der Waals surface area contributed by atoms with E-state index >= 15 is 0 Å². The van der Waals surface area contributed by atoms with E-state index in [4.69, 9.17) is 9.96 Å². The Morgan fingerprint density at radius 2 is 1.12 bits per heavy atom. The van der Waals surface area contributed by atoms with Crippen molar-refractivity contribution in [2.75, 3.05) is 21.3 Å². The summed E-state index contributed by atoms with van der Waals surface area (Å²) >= 11 is -1.90. The summed E-state index contributed by atoms with van der Waals surface area (Å²) in [5, 5.41) is 0. The summed E-state index contributed by atoms with van der Waals surface area (Å²) in [6.45, 7) is 0. The average molecular weight is 221 g/mol. The molecule has 0 heterocycles. The zero-order valence-corrected chi connectivity index (χ0v) is 8.25. The third kappa shape index (κ3) is 5.22. The van der Waals surface area contributed by atoms with E-state index in [2.05, 4.69) is 0 Å². The van der Waals surface area contributed by atoms with Gasteiger partial charge in [0.2, 0.25) is 0 Å². The molecule has 5 heteroatoms. The SMILES string of the molecule is C[O][Ti+]([O]C)[O]C.[Br-]. The topological polar surface area (TPSA) is 27.7 Å². The molecule has 0 atom stereocenters. The van der Waals surface area contributed by atoms with Crippen molar-refractivity contribution in [2.45, 2.75) is 0 Å². The van der Waals surface area contributed by atoms with E-state index in [1.54, 1.807) is 21.3 Å². The molecular weight excluding hydrogens is 212 g/mol. The van der Waals surface area contributed by atoms with E-state index in [0.717, 1.165) is 0 Å². The van der Waals surface area contributed by atoms with Crippen molar-refractivity contribution in [3.8, 4) is 0 Å². The van der Waals surface area contributed by atoms with Crippen molar-refractivity contribution >= 4 is 0 Å². The normalized spacial score (nSPS) is 7.88. The zero-order valence-electron chi connectivity index (χ0n) is 5.10. The van der Waals surface area contributed by atoms with Crippen LogP contribution in [-0.4, -0.2) is 21.3 Å². The summed E-state index contributed by atoms with van der Waals surface area (Å²) in [7, 11) is 4.76. The minimum atomic E-state index is -1.90. The first kappa shape index (κ1) is 11.8. The van der Waals surface area contributed by atoms with Gasteiger partial charge in [-0.15, -0.1) is 0 Å². The fourth-order valence-electron chi connectivity index (χ4n) is 0.250. The van der Waals surface area contributed by atoms with Crippen LogP contribution in [0.15, 0.2) is 0 Å². The molecule has 0 N–H and O–H groups in total. The van der Waals surface area contributed by atoms with Crippen LogP contribution in [-0.2, 0) is 29.0 Å². The van der Waals surface area contributed by atoms with Crippen LogP contribution < -0.4 is 17.0 Å². The van der Waals surface area contributed by atoms with Crippen LogP contribution in [0.2, 0.25) is 0 Å². The number of hydrogen-bond acceptors (Lipinski definition) is 3. The Hall–Kier alpha value is 1.07. The molecule has 0 aliphatic carbocycles. The molecule has 0 aromatic heterocycles. The maximum absolute atomic E-state index is 4.77. The molecule has 0 saturated carbocycles. The largest absolute Gasteiger partial charge is 1.00 e. The second kappa shape index (κ2) is 8.07. The molecule has 0 fully saturated rings. The van der Waals surface area contributed by atoms with E-state index in [0.29, 0.717) is 0 Å². The first-order valence-corrected chi connectivity index (χ1v) is 3.75. The van der Waals surface area contributed by atoms with Gasteiger partial charge in [-0.1, -0.05) is 0 Å². The van der Waals surface area contributed by atoms with Crippen molar-refractivity contribution < 1.29 is 46.0 Å². The molecule has 0 bridgehead atoms. The summed E-state index contributed by atoms with van der Waals surface area (Å²) in [6, 6.07) is 0. The Morgan fingerprint density at radius 3 is 1.12 bits per heavy atom. The standard InChI is InChI=1S/3CH3O.BrH.Ti/c3*1-2;;/h3*1H3;1H;/q3*-1;;+4/p-1. The minimum Gasteiger partial charge on any atom is -1.00 e. The molecule has 0 rings (SSSR count). The zero-order chi connectivity index (χ0) is 5.70. The van der Waals surface area contributed by atoms with Gasteiger partial charge in [0.05, 0.1) is 0 Å². The van der Waals surface area contributed by atoms with Crippen molar-refractivity contribution in [3.05, 3.63) is 0 Å². The summed E-state index contributed by atoms with van der Waals surface area (Å²) in [5.41, 5.74) is 0. The van der Waals surface area contributed by atoms with Gasteiger partial charge in [-0.3, -0.25) is 0 Å². The van der Waals surface area contributed by atoms with Crippen LogP contribution in [0, 0.1) is 0 Å². The van der Waals surface area contributed by atoms with E-state index in [-0.39, 0.29) is 17.0 Å². The Kier molecular flexibility index (Phi) is 11.9. The maximum Gasteiger partial charge on any atom is -1.00 e. The predicted octanol–water partition coefficient (Wildman–Crippen LogP) is -2.71. The van der Waals surface area contributed by atoms with Gasteiger partial charge in [0.25, 0.3) is 0 Å². The number of rotatable bonds is 3. The molecule has 8 heavy (non-hydrogen) atoms. The first-order chi connectivity index (χ1) is 3.35. The second-order valence-electron chi connectivity index (χ2n) is 0.862. The average Bonchev–Trinajstić information content (AvgIpc) is 1.72. The summed E-state index contributed by atoms with van der Waals surface area (Å²) in [5.74, 6) is 0. The summed E-state index contributed by atoms with van der Waals surface area (Å²) in [4.78, 5) is 0. The third-order valence-corrected chi connectivity index (χ3v) is 2.06. The first-order valence-electron chi connectivity index (χ1n) is 1.84. The summed E-state index contributed by atoms with van der Waals surface area (Å²) in [6.07, 6.45) is 0. The van der Waals surface area contributed by atoms with Gasteiger partial charge >= 0.3 is 50.3 Å². The van der Waals surface area contributed by atoms with E-state index in [1.165, 1.54) is 0 Å². The second-order valence-corrected chi connectivity index (χ2v) is 3.56. The van der Waals surface area contributed by atoms with Crippen LogP contribution in [0.4, 0.5) is 0 Å². The van der Waals surface area contributed by atoms with Crippen molar-refractivity contribution in [1.29, 1.82) is 0 Å². The van der Waals surface area contributed by atoms with Gasteiger partial charge in [0.15, 0.2) is 0 Å². The Bertz CT molecular complexity index is 36.0. The molecule has 3 nitrogen and oxygen atoms in total. The Labute approximate surface area is 67.3 Å². The van der Waals surface area contributed by atoms with Gasteiger partial charge in [-0.2, -0.15) is 0 Å². The van der Waals surface area contributed by atoms with Crippen molar-refractivity contribution in [2.24, 2.45) is 0 Å². The Balaban J connectivity index is 0. The smallest absolute Gasteiger partial charge is 1.00 e. The van der Waals surface area contributed by atoms with Gasteiger partial charge in [-0.05, 0) is 0 Å². The quantitative estimate of drug-likeness (QED) is 0.485. The monoisotopic (exact) mass is 220 g/mol. The van der Waals surface area contributed by atoms with E-state index < -0.39 is 19.0 Å². The number of hydrogen-bond donors (Lipinski definition) is 0. The van der Waals surface area contributed by atoms with Gasteiger partial charge < -0.3 is 17.0 Å². The predicted molar refractivity (Wildman–Crippen MR) is 21.0 cm³/mol. The van der Waals surface area contributed by atoms with Gasteiger partial charge in [0.1, 0.15) is 0 Å². The molecule has 0 spiro atoms. The van der Waals surface area contributed by atoms with Crippen molar-refractivity contribution in [1.82, 2.24) is 0 Å². The number of halogens is 1. The summed E-state index contributed by atoms with van der Waals surface area (Å²) < 4.78 is 14.3. The molecule has 0 amide bonds. The maximum atomic E-state index is 4.77. The Morgan fingerprint density at radius 1 is 0.875 bits per heavy atom. The molecular formula is C3H9BrO3Ti. The van der Waals surface area contributed by atoms with Gasteiger partial charge in [-0.25, -0.2) is 0 Å². The fraction of sp³-hybridized carbons (Fsp3) is 1.00. The van der Waals surface area contributed by atoms with Gasteiger partial charge in [0, 0.05) is 0 Å². The van der Waals surface area contributed by atoms with Crippen molar-refractivity contribution in [3.63, 3.8) is 0 Å².